The summed E-state index contributed by atoms with van der Waals surface area (Å²) in [5, 5.41) is 0. The molecule has 1 heterocycles. The van der Waals surface area contributed by atoms with E-state index in [-0.39, 0.29) is 48.5 Å². The first-order chi connectivity index (χ1) is 14.2. The summed E-state index contributed by atoms with van der Waals surface area (Å²) in [5.41, 5.74) is 0.387. The number of amides is 1. The number of hydrogen-bond acceptors (Lipinski definition) is 7. The summed E-state index contributed by atoms with van der Waals surface area (Å²) in [5.74, 6) is -0.331. The van der Waals surface area contributed by atoms with E-state index in [0.717, 1.165) is 12.5 Å². The maximum absolute atomic E-state index is 13.2. The minimum absolute atomic E-state index is 0.0142. The van der Waals surface area contributed by atoms with Crippen molar-refractivity contribution in [1.29, 1.82) is 0 Å². The molecular formula is C19H31N3O7S2. The number of likely N-dealkylation sites (N-methyl/N-ethyl adjacent to an activating group) is 1. The smallest absolute Gasteiger partial charge is 0.257 e. The minimum atomic E-state index is -3.54. The van der Waals surface area contributed by atoms with Crippen LogP contribution in [0.4, 0.5) is 5.69 Å². The molecule has 0 bridgehead atoms. The van der Waals surface area contributed by atoms with E-state index in [2.05, 4.69) is 4.72 Å². The van der Waals surface area contributed by atoms with Crippen molar-refractivity contribution in [1.82, 2.24) is 9.21 Å². The van der Waals surface area contributed by atoms with E-state index in [1.165, 1.54) is 34.5 Å². The number of benzene rings is 1. The van der Waals surface area contributed by atoms with E-state index >= 15 is 0 Å². The average Bonchev–Trinajstić information content (AvgIpc) is 2.65. The summed E-state index contributed by atoms with van der Waals surface area (Å²) in [6, 6.07) is 3.89. The fourth-order valence-electron chi connectivity index (χ4n) is 3.48. The van der Waals surface area contributed by atoms with E-state index < -0.39 is 32.2 Å². The van der Waals surface area contributed by atoms with Crippen molar-refractivity contribution < 1.29 is 31.1 Å². The van der Waals surface area contributed by atoms with Crippen molar-refractivity contribution in [3.05, 3.63) is 23.8 Å². The highest BCUT2D eigenvalue weighted by atomic mass is 32.2. The van der Waals surface area contributed by atoms with Crippen molar-refractivity contribution in [3.8, 4) is 5.75 Å². The Balaban J connectivity index is 2.52. The molecule has 1 aromatic carbocycles. The van der Waals surface area contributed by atoms with Gasteiger partial charge in [-0.1, -0.05) is 6.92 Å². The number of fused-ring (bicyclic) bond motifs is 1. The van der Waals surface area contributed by atoms with Gasteiger partial charge in [0.1, 0.15) is 12.4 Å². The van der Waals surface area contributed by atoms with Crippen LogP contribution in [-0.2, 0) is 24.8 Å². The van der Waals surface area contributed by atoms with Gasteiger partial charge >= 0.3 is 0 Å². The Hall–Kier alpha value is -1.89. The second kappa shape index (κ2) is 9.72. The Morgan fingerprint density at radius 1 is 1.13 bits per heavy atom. The van der Waals surface area contributed by atoms with E-state index in [1.807, 2.05) is 6.92 Å². The molecule has 1 N–H and O–H groups in total. The zero-order valence-electron chi connectivity index (χ0n) is 18.7. The lowest BCUT2D eigenvalue weighted by atomic mass is 10.0. The molecule has 0 radical (unpaired) electrons. The van der Waals surface area contributed by atoms with Gasteiger partial charge in [0.2, 0.25) is 20.0 Å². The first kappa shape index (κ1) is 25.4. The summed E-state index contributed by atoms with van der Waals surface area (Å²) in [6.45, 7) is 4.04. The van der Waals surface area contributed by atoms with Crippen LogP contribution in [0.5, 0.6) is 5.75 Å². The molecule has 3 atom stereocenters. The third kappa shape index (κ3) is 6.79. The van der Waals surface area contributed by atoms with E-state index in [9.17, 15) is 21.6 Å². The van der Waals surface area contributed by atoms with Crippen LogP contribution in [-0.4, -0.2) is 90.5 Å². The summed E-state index contributed by atoms with van der Waals surface area (Å²) >= 11 is 0. The van der Waals surface area contributed by atoms with Gasteiger partial charge in [0.25, 0.3) is 5.91 Å². The standard InChI is InChI=1S/C19H31N3O7S2/c1-13-10-22(31(6,26)27)14(2)12-29-17-8-7-15(20-30(5,24)25)9-16(17)19(23)21(3)11-18(13)28-4/h7-9,13-14,18,20H,10-12H2,1-6H3/t13-,14-,18-/m1/s1. The Labute approximate surface area is 184 Å². The predicted octanol–water partition coefficient (Wildman–Crippen LogP) is 0.824. The van der Waals surface area contributed by atoms with Crippen LogP contribution in [0.3, 0.4) is 0 Å². The molecule has 0 aliphatic carbocycles. The van der Waals surface area contributed by atoms with Gasteiger partial charge in [-0.25, -0.2) is 16.8 Å². The van der Waals surface area contributed by atoms with Gasteiger partial charge in [0.15, 0.2) is 0 Å². The van der Waals surface area contributed by atoms with Crippen LogP contribution < -0.4 is 9.46 Å². The molecule has 0 spiro atoms. The molecule has 1 amide bonds. The number of carbonyl (C=O) groups excluding carboxylic acids is 1. The van der Waals surface area contributed by atoms with Gasteiger partial charge in [-0.15, -0.1) is 0 Å². The Morgan fingerprint density at radius 3 is 2.32 bits per heavy atom. The quantitative estimate of drug-likeness (QED) is 0.681. The number of ether oxygens (including phenoxy) is 2. The van der Waals surface area contributed by atoms with Gasteiger partial charge in [-0.2, -0.15) is 4.31 Å². The van der Waals surface area contributed by atoms with Crippen LogP contribution in [0.2, 0.25) is 0 Å². The third-order valence-corrected chi connectivity index (χ3v) is 7.08. The Kier molecular flexibility index (Phi) is 7.95. The summed E-state index contributed by atoms with van der Waals surface area (Å²) in [7, 11) is -3.93. The first-order valence-corrected chi connectivity index (χ1v) is 13.5. The third-order valence-electron chi connectivity index (χ3n) is 5.12. The monoisotopic (exact) mass is 477 g/mol. The Morgan fingerprint density at radius 2 is 1.77 bits per heavy atom. The molecule has 0 saturated heterocycles. The fourth-order valence-corrected chi connectivity index (χ4v) is 5.26. The number of sulfonamides is 2. The van der Waals surface area contributed by atoms with Gasteiger partial charge < -0.3 is 14.4 Å². The second-order valence-corrected chi connectivity index (χ2v) is 11.7. The lowest BCUT2D eigenvalue weighted by molar-refractivity contribution is 0.0213. The zero-order chi connectivity index (χ0) is 23.6. The van der Waals surface area contributed by atoms with E-state index in [4.69, 9.17) is 9.47 Å². The topological polar surface area (TPSA) is 122 Å². The highest BCUT2D eigenvalue weighted by Crippen LogP contribution is 2.27. The van der Waals surface area contributed by atoms with Crippen LogP contribution in [0, 0.1) is 5.92 Å². The Bertz CT molecular complexity index is 1010. The van der Waals surface area contributed by atoms with Gasteiger partial charge in [-0.05, 0) is 31.0 Å². The summed E-state index contributed by atoms with van der Waals surface area (Å²) < 4.78 is 63.1. The van der Waals surface area contributed by atoms with Crippen LogP contribution in [0.15, 0.2) is 18.2 Å². The van der Waals surface area contributed by atoms with Crippen LogP contribution in [0.1, 0.15) is 24.2 Å². The maximum Gasteiger partial charge on any atom is 0.257 e. The average molecular weight is 478 g/mol. The van der Waals surface area contributed by atoms with E-state index in [1.54, 1.807) is 14.0 Å². The van der Waals surface area contributed by atoms with Crippen molar-refractivity contribution in [3.63, 3.8) is 0 Å². The first-order valence-electron chi connectivity index (χ1n) is 9.72. The zero-order valence-corrected chi connectivity index (χ0v) is 20.3. The number of methoxy groups -OCH3 is 1. The van der Waals surface area contributed by atoms with E-state index in [0.29, 0.717) is 0 Å². The lowest BCUT2D eigenvalue weighted by Gasteiger charge is -2.34. The molecule has 176 valence electrons. The molecule has 10 nitrogen and oxygen atoms in total. The van der Waals surface area contributed by atoms with Crippen LogP contribution >= 0.6 is 0 Å². The number of nitrogens with one attached hydrogen (secondary N) is 1. The maximum atomic E-state index is 13.2. The van der Waals surface area contributed by atoms with Crippen molar-refractivity contribution in [2.45, 2.75) is 26.0 Å². The number of carbonyl (C=O) groups is 1. The number of nitrogens with zero attached hydrogens (tertiary/aromatic N) is 2. The lowest BCUT2D eigenvalue weighted by Crippen LogP contribution is -2.48. The number of rotatable bonds is 4. The highest BCUT2D eigenvalue weighted by Gasteiger charge is 2.32. The summed E-state index contributed by atoms with van der Waals surface area (Å²) in [6.07, 6.45) is 1.76. The van der Waals surface area contributed by atoms with Gasteiger partial charge in [0, 0.05) is 32.9 Å². The molecule has 31 heavy (non-hydrogen) atoms. The van der Waals surface area contributed by atoms with Gasteiger partial charge in [-0.3, -0.25) is 9.52 Å². The highest BCUT2D eigenvalue weighted by molar-refractivity contribution is 7.92. The predicted molar refractivity (Wildman–Crippen MR) is 118 cm³/mol. The molecule has 1 aromatic rings. The van der Waals surface area contributed by atoms with Crippen molar-refractivity contribution >= 4 is 31.6 Å². The molecule has 2 rings (SSSR count). The second-order valence-electron chi connectivity index (χ2n) is 8.01. The SMILES string of the molecule is CO[C@@H]1CN(C)C(=O)c2cc(NS(C)(=O)=O)ccc2OC[C@@H](C)N(S(C)(=O)=O)C[C@H]1C. The molecular weight excluding hydrogens is 446 g/mol. The molecule has 1 aliphatic rings. The number of anilines is 1. The largest absolute Gasteiger partial charge is 0.491 e. The minimum Gasteiger partial charge on any atom is -0.491 e. The van der Waals surface area contributed by atoms with Crippen molar-refractivity contribution in [2.24, 2.45) is 5.92 Å². The number of hydrogen-bond donors (Lipinski definition) is 1. The fraction of sp³-hybridized carbons (Fsp3) is 0.632. The summed E-state index contributed by atoms with van der Waals surface area (Å²) in [4.78, 5) is 14.6. The molecule has 0 fully saturated rings. The van der Waals surface area contributed by atoms with Crippen LogP contribution in [0.25, 0.3) is 0 Å². The molecule has 12 heteroatoms. The molecule has 0 aromatic heterocycles. The van der Waals surface area contributed by atoms with Crippen molar-refractivity contribution in [2.75, 3.05) is 51.1 Å². The molecule has 1 aliphatic heterocycles. The molecule has 0 saturated carbocycles. The van der Waals surface area contributed by atoms with Gasteiger partial charge in [0.05, 0.1) is 30.2 Å². The normalized spacial score (nSPS) is 24.5. The molecule has 0 unspecified atom stereocenters.